The standard InChI is InChI=1S/C26H34N2O9/c1-15(2)23(17(4)36-20-10-8-19(32-6)9-11-20)37-26(31)16(3)28-25(30)22-24(35-14-34-18(5)29)21(33-7)12-13-27-22/h8-13,15-17,23H,14H2,1-7H3,(H,28,30)/t16-,17-,23-/m0/s1. The number of ether oxygens (including phenoxy) is 6. The van der Waals surface area contributed by atoms with Crippen LogP contribution in [-0.4, -0.2) is 62.1 Å². The molecule has 1 aromatic carbocycles. The number of nitrogens with zero attached hydrogens (tertiary/aromatic N) is 1. The number of methoxy groups -OCH3 is 2. The minimum atomic E-state index is -1.02. The molecule has 0 spiro atoms. The molecule has 11 nitrogen and oxygen atoms in total. The third-order valence-corrected chi connectivity index (χ3v) is 5.22. The van der Waals surface area contributed by atoms with Crippen LogP contribution in [0.2, 0.25) is 0 Å². The largest absolute Gasteiger partial charge is 0.497 e. The Kier molecular flexibility index (Phi) is 11.0. The molecule has 0 unspecified atom stereocenters. The van der Waals surface area contributed by atoms with Crippen molar-refractivity contribution in [2.75, 3.05) is 21.0 Å². The maximum Gasteiger partial charge on any atom is 0.328 e. The SMILES string of the molecule is COc1ccc(O[C@@H](C)[C@@H](OC(=O)[C@H](C)NC(=O)c2nccc(OC)c2OCOC(C)=O)C(C)C)cc1. The molecule has 0 aliphatic rings. The van der Waals surface area contributed by atoms with E-state index < -0.39 is 42.9 Å². The van der Waals surface area contributed by atoms with Crippen molar-refractivity contribution in [1.29, 1.82) is 0 Å². The minimum absolute atomic E-state index is 0.0362. The quantitative estimate of drug-likeness (QED) is 0.312. The predicted molar refractivity (Wildman–Crippen MR) is 133 cm³/mol. The zero-order chi connectivity index (χ0) is 27.5. The van der Waals surface area contributed by atoms with Gasteiger partial charge >= 0.3 is 11.9 Å². The summed E-state index contributed by atoms with van der Waals surface area (Å²) >= 11 is 0. The van der Waals surface area contributed by atoms with Crippen molar-refractivity contribution in [1.82, 2.24) is 10.3 Å². The first-order valence-corrected chi connectivity index (χ1v) is 11.7. The Morgan fingerprint density at radius 2 is 1.59 bits per heavy atom. The highest BCUT2D eigenvalue weighted by Crippen LogP contribution is 2.29. The number of pyridine rings is 1. The summed E-state index contributed by atoms with van der Waals surface area (Å²) in [5.74, 6) is -0.523. The normalized spacial score (nSPS) is 13.1. The Morgan fingerprint density at radius 3 is 2.16 bits per heavy atom. The lowest BCUT2D eigenvalue weighted by molar-refractivity contribution is -0.158. The van der Waals surface area contributed by atoms with Crippen molar-refractivity contribution >= 4 is 17.8 Å². The van der Waals surface area contributed by atoms with Crippen LogP contribution >= 0.6 is 0 Å². The maximum absolute atomic E-state index is 12.9. The second-order valence-corrected chi connectivity index (χ2v) is 8.43. The van der Waals surface area contributed by atoms with Gasteiger partial charge in [0.05, 0.1) is 14.2 Å². The van der Waals surface area contributed by atoms with Crippen molar-refractivity contribution in [3.8, 4) is 23.0 Å². The van der Waals surface area contributed by atoms with Gasteiger partial charge in [0, 0.05) is 19.2 Å². The van der Waals surface area contributed by atoms with Gasteiger partial charge in [-0.3, -0.25) is 9.59 Å². The molecule has 3 atom stereocenters. The van der Waals surface area contributed by atoms with E-state index in [4.69, 9.17) is 28.4 Å². The van der Waals surface area contributed by atoms with E-state index in [9.17, 15) is 14.4 Å². The van der Waals surface area contributed by atoms with E-state index in [2.05, 4.69) is 10.3 Å². The first-order chi connectivity index (χ1) is 17.6. The molecule has 0 aliphatic heterocycles. The van der Waals surface area contributed by atoms with E-state index in [1.165, 1.54) is 33.2 Å². The molecule has 1 amide bonds. The van der Waals surface area contributed by atoms with Crippen molar-refractivity contribution in [2.24, 2.45) is 5.92 Å². The summed E-state index contributed by atoms with van der Waals surface area (Å²) in [4.78, 5) is 40.9. The van der Waals surface area contributed by atoms with Crippen LogP contribution in [0.25, 0.3) is 0 Å². The number of carbonyl (C=O) groups excluding carboxylic acids is 3. The zero-order valence-electron chi connectivity index (χ0n) is 22.1. The van der Waals surface area contributed by atoms with Crippen molar-refractivity contribution in [3.05, 3.63) is 42.2 Å². The molecule has 202 valence electrons. The smallest absolute Gasteiger partial charge is 0.328 e. The maximum atomic E-state index is 12.9. The Bertz CT molecular complexity index is 1060. The van der Waals surface area contributed by atoms with E-state index in [0.717, 1.165) is 0 Å². The van der Waals surface area contributed by atoms with Gasteiger partial charge < -0.3 is 33.7 Å². The Balaban J connectivity index is 2.07. The fourth-order valence-corrected chi connectivity index (χ4v) is 3.33. The molecular formula is C26H34N2O9. The van der Waals surface area contributed by atoms with Crippen LogP contribution in [0.4, 0.5) is 0 Å². The van der Waals surface area contributed by atoms with Gasteiger partial charge in [-0.2, -0.15) is 0 Å². The number of amides is 1. The molecule has 1 N–H and O–H groups in total. The lowest BCUT2D eigenvalue weighted by Crippen LogP contribution is -2.45. The van der Waals surface area contributed by atoms with Gasteiger partial charge in [-0.05, 0) is 44.0 Å². The molecule has 2 rings (SSSR count). The van der Waals surface area contributed by atoms with Crippen LogP contribution in [-0.2, 0) is 19.1 Å². The highest BCUT2D eigenvalue weighted by Gasteiger charge is 2.30. The molecule has 0 saturated carbocycles. The highest BCUT2D eigenvalue weighted by atomic mass is 16.7. The number of aromatic nitrogens is 1. The van der Waals surface area contributed by atoms with Crippen LogP contribution < -0.4 is 24.3 Å². The summed E-state index contributed by atoms with van der Waals surface area (Å²) < 4.78 is 32.2. The number of carbonyl (C=O) groups is 3. The third-order valence-electron chi connectivity index (χ3n) is 5.22. The predicted octanol–water partition coefficient (Wildman–Crippen LogP) is 3.15. The second kappa shape index (κ2) is 13.9. The molecular weight excluding hydrogens is 484 g/mol. The van der Waals surface area contributed by atoms with E-state index in [0.29, 0.717) is 11.5 Å². The molecule has 37 heavy (non-hydrogen) atoms. The summed E-state index contributed by atoms with van der Waals surface area (Å²) in [7, 11) is 2.96. The summed E-state index contributed by atoms with van der Waals surface area (Å²) in [6.07, 6.45) is 0.288. The van der Waals surface area contributed by atoms with Gasteiger partial charge in [0.2, 0.25) is 6.79 Å². The van der Waals surface area contributed by atoms with Gasteiger partial charge in [-0.15, -0.1) is 0 Å². The van der Waals surface area contributed by atoms with Gasteiger partial charge in [0.25, 0.3) is 5.91 Å². The van der Waals surface area contributed by atoms with E-state index in [1.54, 1.807) is 38.3 Å². The Morgan fingerprint density at radius 1 is 0.946 bits per heavy atom. The summed E-state index contributed by atoms with van der Waals surface area (Å²) in [6, 6.07) is 7.53. The van der Waals surface area contributed by atoms with E-state index in [1.807, 2.05) is 13.8 Å². The lowest BCUT2D eigenvalue weighted by atomic mass is 10.0. The number of hydrogen-bond donors (Lipinski definition) is 1. The van der Waals surface area contributed by atoms with Crippen molar-refractivity contribution in [3.63, 3.8) is 0 Å². The minimum Gasteiger partial charge on any atom is -0.497 e. The average molecular weight is 519 g/mol. The van der Waals surface area contributed by atoms with Crippen LogP contribution in [0.3, 0.4) is 0 Å². The molecule has 0 radical (unpaired) electrons. The fraction of sp³-hybridized carbons (Fsp3) is 0.462. The third kappa shape index (κ3) is 8.55. The molecule has 1 aromatic heterocycles. The average Bonchev–Trinajstić information content (AvgIpc) is 2.86. The molecule has 0 bridgehead atoms. The van der Waals surface area contributed by atoms with Gasteiger partial charge in [0.15, 0.2) is 17.2 Å². The van der Waals surface area contributed by atoms with E-state index in [-0.39, 0.29) is 23.1 Å². The topological polar surface area (TPSA) is 132 Å². The van der Waals surface area contributed by atoms with Crippen molar-refractivity contribution in [2.45, 2.75) is 52.9 Å². The number of hydrogen-bond acceptors (Lipinski definition) is 10. The van der Waals surface area contributed by atoms with Gasteiger partial charge in [0.1, 0.15) is 29.7 Å². The summed E-state index contributed by atoms with van der Waals surface area (Å²) in [5.41, 5.74) is -0.150. The Hall–Kier alpha value is -4.02. The van der Waals surface area contributed by atoms with Crippen LogP contribution in [0.5, 0.6) is 23.0 Å². The molecule has 2 aromatic rings. The first kappa shape index (κ1) is 29.2. The molecule has 11 heteroatoms. The lowest BCUT2D eigenvalue weighted by Gasteiger charge is -2.29. The number of benzene rings is 1. The molecule has 0 aliphatic carbocycles. The fourth-order valence-electron chi connectivity index (χ4n) is 3.33. The molecule has 1 heterocycles. The van der Waals surface area contributed by atoms with Crippen LogP contribution in [0.1, 0.15) is 45.1 Å². The van der Waals surface area contributed by atoms with Gasteiger partial charge in [-0.25, -0.2) is 9.78 Å². The number of nitrogens with one attached hydrogen (secondary N) is 1. The highest BCUT2D eigenvalue weighted by molar-refractivity contribution is 5.98. The second-order valence-electron chi connectivity index (χ2n) is 8.43. The van der Waals surface area contributed by atoms with Crippen LogP contribution in [0.15, 0.2) is 36.5 Å². The number of esters is 2. The number of rotatable bonds is 13. The first-order valence-electron chi connectivity index (χ1n) is 11.7. The summed E-state index contributed by atoms with van der Waals surface area (Å²) in [6.45, 7) is 7.88. The van der Waals surface area contributed by atoms with Crippen LogP contribution in [0, 0.1) is 5.92 Å². The Labute approximate surface area is 216 Å². The monoisotopic (exact) mass is 518 g/mol. The zero-order valence-corrected chi connectivity index (χ0v) is 22.1. The summed E-state index contributed by atoms with van der Waals surface area (Å²) in [5, 5.41) is 2.56. The van der Waals surface area contributed by atoms with E-state index >= 15 is 0 Å². The van der Waals surface area contributed by atoms with Gasteiger partial charge in [-0.1, -0.05) is 13.8 Å². The molecule has 0 fully saturated rings. The molecule has 0 saturated heterocycles. The van der Waals surface area contributed by atoms with Crippen molar-refractivity contribution < 1.29 is 42.8 Å².